The first-order valence-electron chi connectivity index (χ1n) is 2.67. The molecule has 0 N–H and O–H groups in total. The summed E-state index contributed by atoms with van der Waals surface area (Å²) in [5.41, 5.74) is 0. The lowest BCUT2D eigenvalue weighted by atomic mass is 9.95. The van der Waals surface area contributed by atoms with E-state index in [0.29, 0.717) is 6.42 Å². The molecule has 0 spiro atoms. The Balaban J connectivity index is 0.000000180. The van der Waals surface area contributed by atoms with Crippen LogP contribution in [0.15, 0.2) is 0 Å². The second-order valence-corrected chi connectivity index (χ2v) is 2.82. The molecule has 1 aliphatic carbocycles. The van der Waals surface area contributed by atoms with Crippen molar-refractivity contribution in [1.29, 1.82) is 0 Å². The standard InChI is InChI=1S/C4H6F2.CCl2O/c5-4(6)2-1-3-4;2-1(3)4/h1-3H2;. The van der Waals surface area contributed by atoms with Crippen molar-refractivity contribution in [3.8, 4) is 0 Å². The lowest BCUT2D eigenvalue weighted by Crippen LogP contribution is -2.24. The second-order valence-electron chi connectivity index (χ2n) is 1.94. The third-order valence-corrected chi connectivity index (χ3v) is 1.09. The zero-order valence-corrected chi connectivity index (χ0v) is 6.55. The molecule has 0 atom stereocenters. The predicted octanol–water partition coefficient (Wildman–Crippen LogP) is 3.39. The summed E-state index contributed by atoms with van der Waals surface area (Å²) in [4.78, 5) is 8.98. The first kappa shape index (κ1) is 10.1. The molecule has 1 saturated carbocycles. The molecule has 0 aliphatic heterocycles. The van der Waals surface area contributed by atoms with Crippen molar-refractivity contribution in [3.63, 3.8) is 0 Å². The quantitative estimate of drug-likeness (QED) is 0.536. The van der Waals surface area contributed by atoms with Gasteiger partial charge in [-0.05, 0) is 29.6 Å². The second kappa shape index (κ2) is 4.09. The number of alkyl halides is 2. The van der Waals surface area contributed by atoms with Crippen LogP contribution in [0.25, 0.3) is 0 Å². The van der Waals surface area contributed by atoms with Gasteiger partial charge in [0.05, 0.1) is 0 Å². The van der Waals surface area contributed by atoms with Crippen LogP contribution in [0.4, 0.5) is 13.6 Å². The van der Waals surface area contributed by atoms with Gasteiger partial charge in [0.15, 0.2) is 0 Å². The van der Waals surface area contributed by atoms with Crippen LogP contribution in [0, 0.1) is 0 Å². The van der Waals surface area contributed by atoms with Crippen molar-refractivity contribution in [1.82, 2.24) is 0 Å². The molecule has 0 bridgehead atoms. The molecular weight excluding hydrogens is 185 g/mol. The number of hydrogen-bond donors (Lipinski definition) is 0. The highest BCUT2D eigenvalue weighted by atomic mass is 35.5. The Morgan fingerprint density at radius 2 is 1.50 bits per heavy atom. The van der Waals surface area contributed by atoms with Gasteiger partial charge in [0, 0.05) is 12.8 Å². The van der Waals surface area contributed by atoms with E-state index in [2.05, 4.69) is 23.2 Å². The molecule has 0 heterocycles. The van der Waals surface area contributed by atoms with E-state index in [1.54, 1.807) is 0 Å². The van der Waals surface area contributed by atoms with Gasteiger partial charge in [-0.15, -0.1) is 0 Å². The third kappa shape index (κ3) is 6.23. The maximum absolute atomic E-state index is 11.5. The van der Waals surface area contributed by atoms with Crippen LogP contribution in [0.2, 0.25) is 0 Å². The molecule has 0 aromatic rings. The number of hydrogen-bond acceptors (Lipinski definition) is 1. The van der Waals surface area contributed by atoms with Crippen LogP contribution in [-0.4, -0.2) is 10.6 Å². The van der Waals surface area contributed by atoms with E-state index < -0.39 is 10.6 Å². The summed E-state index contributed by atoms with van der Waals surface area (Å²) in [5, 5.41) is 0. The van der Waals surface area contributed by atoms with Crippen LogP contribution >= 0.6 is 23.2 Å². The number of rotatable bonds is 0. The minimum atomic E-state index is -2.28. The molecule has 1 nitrogen and oxygen atoms in total. The highest BCUT2D eigenvalue weighted by Crippen LogP contribution is 2.36. The maximum atomic E-state index is 11.5. The largest absolute Gasteiger partial charge is 0.313 e. The van der Waals surface area contributed by atoms with E-state index in [1.165, 1.54) is 0 Å². The minimum absolute atomic E-state index is 0.118. The van der Waals surface area contributed by atoms with Gasteiger partial charge >= 0.3 is 4.70 Å². The normalized spacial score (nSPS) is 20.0. The number of carbonyl (C=O) groups is 1. The molecule has 1 fully saturated rings. The zero-order valence-electron chi connectivity index (χ0n) is 5.04. The Bertz CT molecular complexity index is 117. The summed E-state index contributed by atoms with van der Waals surface area (Å²) in [6, 6.07) is 0. The fourth-order valence-electron chi connectivity index (χ4n) is 0.444. The number of carbonyl (C=O) groups excluding carboxylic acids is 1. The highest BCUT2D eigenvalue weighted by molar-refractivity contribution is 6.93. The van der Waals surface area contributed by atoms with Gasteiger partial charge in [-0.3, -0.25) is 4.79 Å². The smallest absolute Gasteiger partial charge is 0.262 e. The summed E-state index contributed by atoms with van der Waals surface area (Å²) < 4.78 is 22.2. The Morgan fingerprint density at radius 3 is 1.50 bits per heavy atom. The zero-order chi connectivity index (χ0) is 8.20. The van der Waals surface area contributed by atoms with Crippen molar-refractivity contribution in [2.75, 3.05) is 0 Å². The van der Waals surface area contributed by atoms with Crippen LogP contribution in [-0.2, 0) is 0 Å². The maximum Gasteiger partial charge on any atom is 0.313 e. The predicted molar refractivity (Wildman–Crippen MR) is 35.9 cm³/mol. The molecule has 1 aliphatic rings. The fraction of sp³-hybridized carbons (Fsp3) is 0.800. The van der Waals surface area contributed by atoms with Crippen molar-refractivity contribution in [2.24, 2.45) is 0 Å². The first-order chi connectivity index (χ1) is 4.44. The average Bonchev–Trinajstić information content (AvgIpc) is 1.60. The van der Waals surface area contributed by atoms with Gasteiger partial charge in [0.1, 0.15) is 0 Å². The van der Waals surface area contributed by atoms with Crippen molar-refractivity contribution in [3.05, 3.63) is 0 Å². The van der Waals surface area contributed by atoms with E-state index in [1.807, 2.05) is 0 Å². The Kier molecular flexibility index (Phi) is 4.13. The van der Waals surface area contributed by atoms with Crippen LogP contribution in [0.1, 0.15) is 19.3 Å². The van der Waals surface area contributed by atoms with Crippen molar-refractivity contribution in [2.45, 2.75) is 25.2 Å². The van der Waals surface area contributed by atoms with E-state index in [9.17, 15) is 8.78 Å². The summed E-state index contributed by atoms with van der Waals surface area (Å²) >= 11 is 8.80. The molecule has 0 unspecified atom stereocenters. The molecule has 0 aromatic heterocycles. The summed E-state index contributed by atoms with van der Waals surface area (Å²) in [6.07, 6.45) is 0.951. The lowest BCUT2D eigenvalue weighted by Gasteiger charge is -2.23. The van der Waals surface area contributed by atoms with Gasteiger partial charge in [-0.1, -0.05) is 0 Å². The minimum Gasteiger partial charge on any atom is -0.262 e. The van der Waals surface area contributed by atoms with Crippen LogP contribution < -0.4 is 0 Å². The topological polar surface area (TPSA) is 17.1 Å². The average molecular weight is 191 g/mol. The van der Waals surface area contributed by atoms with Gasteiger partial charge in [-0.25, -0.2) is 8.78 Å². The van der Waals surface area contributed by atoms with Crippen molar-refractivity contribution >= 4 is 27.9 Å². The van der Waals surface area contributed by atoms with Gasteiger partial charge < -0.3 is 0 Å². The van der Waals surface area contributed by atoms with E-state index in [4.69, 9.17) is 4.79 Å². The highest BCUT2D eigenvalue weighted by Gasteiger charge is 2.36. The molecule has 1 rings (SSSR count). The molecular formula is C5H6Cl2F2O. The SMILES string of the molecule is FC1(F)CCC1.O=C(Cl)Cl. The van der Waals surface area contributed by atoms with Crippen LogP contribution in [0.3, 0.4) is 0 Å². The van der Waals surface area contributed by atoms with E-state index >= 15 is 0 Å². The fourth-order valence-corrected chi connectivity index (χ4v) is 0.444. The molecule has 0 amide bonds. The molecule has 0 aromatic carbocycles. The van der Waals surface area contributed by atoms with Gasteiger partial charge in [0.25, 0.3) is 0 Å². The molecule has 10 heavy (non-hydrogen) atoms. The lowest BCUT2D eigenvalue weighted by molar-refractivity contribution is -0.0716. The summed E-state index contributed by atoms with van der Waals surface area (Å²) in [6.45, 7) is 0. The number of halogens is 4. The Hall–Kier alpha value is 0.110. The Labute approximate surface area is 67.3 Å². The molecule has 0 radical (unpaired) electrons. The van der Waals surface area contributed by atoms with E-state index in [-0.39, 0.29) is 12.8 Å². The molecule has 5 heteroatoms. The van der Waals surface area contributed by atoms with Crippen molar-refractivity contribution < 1.29 is 13.6 Å². The van der Waals surface area contributed by atoms with Gasteiger partial charge in [-0.2, -0.15) is 0 Å². The van der Waals surface area contributed by atoms with Gasteiger partial charge in [0.2, 0.25) is 5.92 Å². The molecule has 0 saturated heterocycles. The monoisotopic (exact) mass is 190 g/mol. The summed E-state index contributed by atoms with van der Waals surface area (Å²) in [7, 11) is 0. The van der Waals surface area contributed by atoms with E-state index in [0.717, 1.165) is 0 Å². The molecule has 60 valence electrons. The Morgan fingerprint density at radius 1 is 1.30 bits per heavy atom. The van der Waals surface area contributed by atoms with Crippen LogP contribution in [0.5, 0.6) is 0 Å². The third-order valence-electron chi connectivity index (χ3n) is 1.09. The summed E-state index contributed by atoms with van der Waals surface area (Å²) in [5.74, 6) is -2.28. The first-order valence-corrected chi connectivity index (χ1v) is 3.42.